The molecule has 0 radical (unpaired) electrons. The lowest BCUT2D eigenvalue weighted by Gasteiger charge is -2.27. The summed E-state index contributed by atoms with van der Waals surface area (Å²) in [4.78, 5) is 23.1. The van der Waals surface area contributed by atoms with Crippen molar-refractivity contribution >= 4 is 12.1 Å². The number of hydrogen-bond donors (Lipinski definition) is 2. The van der Waals surface area contributed by atoms with E-state index in [-0.39, 0.29) is 0 Å². The Hall–Kier alpha value is -1.30. The zero-order valence-electron chi connectivity index (χ0n) is 10.7. The molecule has 1 heterocycles. The lowest BCUT2D eigenvalue weighted by molar-refractivity contribution is -0.145. The van der Waals surface area contributed by atoms with Gasteiger partial charge >= 0.3 is 12.1 Å². The van der Waals surface area contributed by atoms with Gasteiger partial charge in [-0.05, 0) is 34.6 Å². The number of ether oxygens (including phenoxy) is 2. The third-order valence-corrected chi connectivity index (χ3v) is 2.51. The van der Waals surface area contributed by atoms with Crippen molar-refractivity contribution in [2.75, 3.05) is 0 Å². The maximum absolute atomic E-state index is 11.6. The normalized spacial score (nSPS) is 33.2. The van der Waals surface area contributed by atoms with Crippen molar-refractivity contribution in [2.24, 2.45) is 0 Å². The molecule has 0 aromatic rings. The van der Waals surface area contributed by atoms with Crippen LogP contribution in [-0.2, 0) is 14.3 Å². The van der Waals surface area contributed by atoms with Gasteiger partial charge < -0.3 is 19.9 Å². The highest BCUT2D eigenvalue weighted by molar-refractivity contribution is 5.88. The summed E-state index contributed by atoms with van der Waals surface area (Å²) in [6.07, 6.45) is -2.50. The highest BCUT2D eigenvalue weighted by atomic mass is 16.6. The van der Waals surface area contributed by atoms with Gasteiger partial charge in [0.25, 0.3) is 0 Å². The molecule has 0 spiro atoms. The fourth-order valence-corrected chi connectivity index (χ4v) is 1.59. The number of cyclic esters (lactones) is 1. The first-order valence-electron chi connectivity index (χ1n) is 5.46. The van der Waals surface area contributed by atoms with Gasteiger partial charge in [0.2, 0.25) is 0 Å². The van der Waals surface area contributed by atoms with Gasteiger partial charge in [-0.15, -0.1) is 0 Å². The molecule has 1 fully saturated rings. The Labute approximate surface area is 100 Å². The number of carbonyl (C=O) groups excluding carboxylic acids is 2. The van der Waals surface area contributed by atoms with Gasteiger partial charge in [-0.25, -0.2) is 9.59 Å². The van der Waals surface area contributed by atoms with Crippen LogP contribution in [0.15, 0.2) is 0 Å². The molecule has 0 unspecified atom stereocenters. The highest BCUT2D eigenvalue weighted by Crippen LogP contribution is 2.26. The van der Waals surface area contributed by atoms with E-state index < -0.39 is 35.4 Å². The Morgan fingerprint density at radius 1 is 1.53 bits per heavy atom. The summed E-state index contributed by atoms with van der Waals surface area (Å²) in [6.45, 7) is 8.10. The molecule has 1 aliphatic heterocycles. The molecule has 0 aromatic carbocycles. The number of alkyl carbamates (subject to hydrolysis) is 1. The molecule has 0 bridgehead atoms. The second-order valence-corrected chi connectivity index (χ2v) is 5.38. The van der Waals surface area contributed by atoms with Crippen LogP contribution < -0.4 is 5.32 Å². The van der Waals surface area contributed by atoms with Crippen LogP contribution in [0.5, 0.6) is 0 Å². The highest BCUT2D eigenvalue weighted by Gasteiger charge is 2.53. The topological polar surface area (TPSA) is 84.9 Å². The zero-order valence-corrected chi connectivity index (χ0v) is 10.7. The third kappa shape index (κ3) is 2.88. The predicted molar refractivity (Wildman–Crippen MR) is 59.3 cm³/mol. The van der Waals surface area contributed by atoms with Gasteiger partial charge in [-0.1, -0.05) is 0 Å². The van der Waals surface area contributed by atoms with Gasteiger partial charge in [0.15, 0.2) is 5.54 Å². The van der Waals surface area contributed by atoms with E-state index in [4.69, 9.17) is 9.47 Å². The standard InChI is InChI=1S/C11H19NO5/c1-6-7(13)11(5,8(14)16-6)12-9(15)17-10(2,3)4/h6-7,13H,1-5H3,(H,12,15)/t6-,7+,11+/m0/s1. The van der Waals surface area contributed by atoms with Crippen LogP contribution in [-0.4, -0.2) is 40.5 Å². The summed E-state index contributed by atoms with van der Waals surface area (Å²) in [5, 5.41) is 12.2. The van der Waals surface area contributed by atoms with Crippen LogP contribution in [0.2, 0.25) is 0 Å². The maximum atomic E-state index is 11.6. The molecule has 17 heavy (non-hydrogen) atoms. The van der Waals surface area contributed by atoms with Crippen molar-refractivity contribution < 1.29 is 24.2 Å². The fourth-order valence-electron chi connectivity index (χ4n) is 1.59. The predicted octanol–water partition coefficient (Wildman–Crippen LogP) is 0.576. The number of esters is 1. The molecule has 0 aliphatic carbocycles. The number of hydrogen-bond acceptors (Lipinski definition) is 5. The first-order chi connectivity index (χ1) is 7.56. The zero-order chi connectivity index (χ0) is 13.4. The average Bonchev–Trinajstić information content (AvgIpc) is 2.27. The second-order valence-electron chi connectivity index (χ2n) is 5.38. The molecule has 1 rings (SSSR count). The van der Waals surface area contributed by atoms with Crippen LogP contribution in [0.25, 0.3) is 0 Å². The Balaban J connectivity index is 2.73. The van der Waals surface area contributed by atoms with E-state index in [1.165, 1.54) is 6.92 Å². The van der Waals surface area contributed by atoms with E-state index in [1.807, 2.05) is 0 Å². The minimum absolute atomic E-state index is 0.651. The van der Waals surface area contributed by atoms with Gasteiger partial charge in [0.05, 0.1) is 0 Å². The van der Waals surface area contributed by atoms with Crippen molar-refractivity contribution in [3.63, 3.8) is 0 Å². The fraction of sp³-hybridized carbons (Fsp3) is 0.818. The van der Waals surface area contributed by atoms with Gasteiger partial charge in [0.1, 0.15) is 17.8 Å². The summed E-state index contributed by atoms with van der Waals surface area (Å²) >= 11 is 0. The van der Waals surface area contributed by atoms with Crippen molar-refractivity contribution in [3.8, 4) is 0 Å². The first kappa shape index (κ1) is 13.8. The molecule has 6 nitrogen and oxygen atoms in total. The molecule has 3 atom stereocenters. The average molecular weight is 245 g/mol. The number of aliphatic hydroxyl groups excluding tert-OH is 1. The Kier molecular flexibility index (Phi) is 3.38. The van der Waals surface area contributed by atoms with E-state index in [1.54, 1.807) is 27.7 Å². The van der Waals surface area contributed by atoms with Crippen LogP contribution >= 0.6 is 0 Å². The van der Waals surface area contributed by atoms with Crippen molar-refractivity contribution in [2.45, 2.75) is 58.0 Å². The summed E-state index contributed by atoms with van der Waals surface area (Å²) in [5.41, 5.74) is -2.12. The molecule has 0 saturated carbocycles. The Bertz CT molecular complexity index is 335. The molecular weight excluding hydrogens is 226 g/mol. The molecule has 1 aliphatic rings. The molecule has 6 heteroatoms. The molecule has 2 N–H and O–H groups in total. The lowest BCUT2D eigenvalue weighted by Crippen LogP contribution is -2.58. The van der Waals surface area contributed by atoms with E-state index in [2.05, 4.69) is 5.32 Å². The molecule has 1 amide bonds. The largest absolute Gasteiger partial charge is 0.458 e. The van der Waals surface area contributed by atoms with Crippen molar-refractivity contribution in [1.82, 2.24) is 5.32 Å². The SMILES string of the molecule is C[C@@H]1OC(=O)[C@](C)(NC(=O)OC(C)(C)C)[C@@H]1O. The van der Waals surface area contributed by atoms with Gasteiger partial charge in [-0.3, -0.25) is 0 Å². The summed E-state index contributed by atoms with van der Waals surface area (Å²) in [7, 11) is 0. The minimum atomic E-state index is -1.46. The van der Waals surface area contributed by atoms with Crippen LogP contribution in [0, 0.1) is 0 Å². The number of carbonyl (C=O) groups is 2. The number of amides is 1. The van der Waals surface area contributed by atoms with E-state index >= 15 is 0 Å². The summed E-state index contributed by atoms with van der Waals surface area (Å²) < 4.78 is 9.89. The second kappa shape index (κ2) is 4.18. The number of nitrogens with one attached hydrogen (secondary N) is 1. The van der Waals surface area contributed by atoms with Gasteiger partial charge in [-0.2, -0.15) is 0 Å². The number of aliphatic hydroxyl groups is 1. The minimum Gasteiger partial charge on any atom is -0.458 e. The van der Waals surface area contributed by atoms with Crippen molar-refractivity contribution in [1.29, 1.82) is 0 Å². The van der Waals surface area contributed by atoms with Crippen LogP contribution in [0.4, 0.5) is 4.79 Å². The quantitative estimate of drug-likeness (QED) is 0.660. The van der Waals surface area contributed by atoms with Crippen LogP contribution in [0.3, 0.4) is 0 Å². The Morgan fingerprint density at radius 3 is 2.41 bits per heavy atom. The number of rotatable bonds is 1. The van der Waals surface area contributed by atoms with Crippen LogP contribution in [0.1, 0.15) is 34.6 Å². The molecule has 1 saturated heterocycles. The summed E-state index contributed by atoms with van der Waals surface area (Å²) in [6, 6.07) is 0. The third-order valence-electron chi connectivity index (χ3n) is 2.51. The van der Waals surface area contributed by atoms with Gasteiger partial charge in [0, 0.05) is 0 Å². The summed E-state index contributed by atoms with van der Waals surface area (Å²) in [5.74, 6) is -0.664. The monoisotopic (exact) mass is 245 g/mol. The lowest BCUT2D eigenvalue weighted by atomic mass is 9.95. The maximum Gasteiger partial charge on any atom is 0.408 e. The first-order valence-corrected chi connectivity index (χ1v) is 5.46. The molecular formula is C11H19NO5. The van der Waals surface area contributed by atoms with E-state index in [9.17, 15) is 14.7 Å². The molecule has 0 aromatic heterocycles. The van der Waals surface area contributed by atoms with E-state index in [0.29, 0.717) is 0 Å². The van der Waals surface area contributed by atoms with E-state index in [0.717, 1.165) is 0 Å². The Morgan fingerprint density at radius 2 is 2.06 bits per heavy atom. The smallest absolute Gasteiger partial charge is 0.408 e. The molecule has 98 valence electrons. The van der Waals surface area contributed by atoms with Crippen molar-refractivity contribution in [3.05, 3.63) is 0 Å².